The molecule has 32 heavy (non-hydrogen) atoms. The van der Waals surface area contributed by atoms with E-state index in [1.807, 2.05) is 36.4 Å². The molecule has 5 rings (SSSR count). The molecule has 0 bridgehead atoms. The van der Waals surface area contributed by atoms with Gasteiger partial charge in [0.15, 0.2) is 5.13 Å². The first-order valence-corrected chi connectivity index (χ1v) is 11.4. The molecule has 3 aromatic carbocycles. The largest absolute Gasteiger partial charge is 0.283 e. The zero-order chi connectivity index (χ0) is 22.1. The lowest BCUT2D eigenvalue weighted by atomic mass is 10.0. The molecule has 0 fully saturated rings. The lowest BCUT2D eigenvalue weighted by molar-refractivity contribution is -0.118. The summed E-state index contributed by atoms with van der Waals surface area (Å²) < 4.78 is 1.09. The van der Waals surface area contributed by atoms with Crippen LogP contribution >= 0.6 is 11.3 Å². The van der Waals surface area contributed by atoms with Crippen molar-refractivity contribution in [2.45, 2.75) is 26.8 Å². The maximum absolute atomic E-state index is 13.7. The fraction of sp³-hybridized carbons (Fsp3) is 0.148. The number of amides is 1. The third-order valence-electron chi connectivity index (χ3n) is 5.89. The van der Waals surface area contributed by atoms with Gasteiger partial charge in [0.25, 0.3) is 0 Å². The minimum absolute atomic E-state index is 0.0265. The highest BCUT2D eigenvalue weighted by atomic mass is 32.1. The monoisotopic (exact) mass is 437 g/mol. The van der Waals surface area contributed by atoms with Gasteiger partial charge in [-0.15, -0.1) is 0 Å². The summed E-state index contributed by atoms with van der Waals surface area (Å²) in [5, 5.41) is 2.98. The SMILES string of the molecule is Cc1ccc2sc(N(Cc3cccnc3)C(=O)Cc3cccc4ccccc34)nc2c1C. The first-order chi connectivity index (χ1) is 15.6. The Morgan fingerprint density at radius 2 is 1.81 bits per heavy atom. The van der Waals surface area contributed by atoms with Crippen LogP contribution in [-0.2, 0) is 17.8 Å². The van der Waals surface area contributed by atoms with Gasteiger partial charge in [0.2, 0.25) is 5.91 Å². The molecule has 0 atom stereocenters. The molecule has 4 nitrogen and oxygen atoms in total. The zero-order valence-corrected chi connectivity index (χ0v) is 18.9. The summed E-state index contributed by atoms with van der Waals surface area (Å²) >= 11 is 1.56. The van der Waals surface area contributed by atoms with E-state index in [0.717, 1.165) is 42.8 Å². The second kappa shape index (κ2) is 8.52. The van der Waals surface area contributed by atoms with E-state index in [1.165, 1.54) is 5.56 Å². The van der Waals surface area contributed by atoms with Gasteiger partial charge >= 0.3 is 0 Å². The lowest BCUT2D eigenvalue weighted by Crippen LogP contribution is -2.31. The number of fused-ring (bicyclic) bond motifs is 2. The topological polar surface area (TPSA) is 46.1 Å². The lowest BCUT2D eigenvalue weighted by Gasteiger charge is -2.20. The molecule has 0 saturated heterocycles. The highest BCUT2D eigenvalue weighted by molar-refractivity contribution is 7.22. The summed E-state index contributed by atoms with van der Waals surface area (Å²) in [5.74, 6) is 0.0265. The number of rotatable bonds is 5. The van der Waals surface area contributed by atoms with Crippen LogP contribution in [0.15, 0.2) is 79.1 Å². The van der Waals surface area contributed by atoms with Gasteiger partial charge < -0.3 is 0 Å². The summed E-state index contributed by atoms with van der Waals surface area (Å²) in [6.07, 6.45) is 3.87. The van der Waals surface area contributed by atoms with E-state index in [1.54, 1.807) is 28.6 Å². The van der Waals surface area contributed by atoms with Crippen molar-refractivity contribution in [1.82, 2.24) is 9.97 Å². The molecule has 2 heterocycles. The Kier molecular flexibility index (Phi) is 5.41. The van der Waals surface area contributed by atoms with Crippen LogP contribution in [0.3, 0.4) is 0 Å². The Balaban J connectivity index is 1.55. The maximum Gasteiger partial charge on any atom is 0.233 e. The Labute approximate surface area is 191 Å². The number of anilines is 1. The second-order valence-electron chi connectivity index (χ2n) is 8.01. The van der Waals surface area contributed by atoms with Crippen molar-refractivity contribution in [3.05, 3.63) is 101 Å². The van der Waals surface area contributed by atoms with Gasteiger partial charge in [-0.1, -0.05) is 65.9 Å². The molecule has 5 heteroatoms. The van der Waals surface area contributed by atoms with Crippen LogP contribution in [0, 0.1) is 13.8 Å². The molecule has 0 unspecified atom stereocenters. The van der Waals surface area contributed by atoms with Crippen LogP contribution in [-0.4, -0.2) is 15.9 Å². The van der Waals surface area contributed by atoms with Crippen LogP contribution < -0.4 is 4.90 Å². The van der Waals surface area contributed by atoms with Crippen LogP contribution in [0.5, 0.6) is 0 Å². The third kappa shape index (κ3) is 3.87. The fourth-order valence-corrected chi connectivity index (χ4v) is 5.01. The van der Waals surface area contributed by atoms with E-state index < -0.39 is 0 Å². The number of pyridine rings is 1. The highest BCUT2D eigenvalue weighted by Gasteiger charge is 2.22. The average molecular weight is 438 g/mol. The normalized spacial score (nSPS) is 11.2. The van der Waals surface area contributed by atoms with Gasteiger partial charge in [-0.05, 0) is 59.0 Å². The van der Waals surface area contributed by atoms with Gasteiger partial charge in [-0.25, -0.2) is 4.98 Å². The Bertz CT molecular complexity index is 1420. The first kappa shape index (κ1) is 20.3. The van der Waals surface area contributed by atoms with Gasteiger partial charge in [0.05, 0.1) is 23.2 Å². The number of aryl methyl sites for hydroxylation is 2. The van der Waals surface area contributed by atoms with Crippen LogP contribution in [0.2, 0.25) is 0 Å². The van der Waals surface area contributed by atoms with E-state index in [0.29, 0.717) is 13.0 Å². The fourth-order valence-electron chi connectivity index (χ4n) is 3.97. The standard InChI is InChI=1S/C27H23N3OS/c1-18-12-13-24-26(19(18)2)29-27(32-24)30(17-20-7-6-14-28-16-20)25(31)15-22-10-5-9-21-8-3-4-11-23(21)22/h3-14,16H,15,17H2,1-2H3. The molecule has 0 spiro atoms. The number of nitrogens with zero attached hydrogens (tertiary/aromatic N) is 3. The van der Waals surface area contributed by atoms with Gasteiger partial charge in [0, 0.05) is 12.4 Å². The zero-order valence-electron chi connectivity index (χ0n) is 18.1. The number of aromatic nitrogens is 2. The molecular formula is C27H23N3OS. The van der Waals surface area contributed by atoms with Crippen molar-refractivity contribution < 1.29 is 4.79 Å². The van der Waals surface area contributed by atoms with Gasteiger partial charge in [-0.3, -0.25) is 14.7 Å². The number of thiazole rings is 1. The average Bonchev–Trinajstić information content (AvgIpc) is 3.25. The van der Waals surface area contributed by atoms with Crippen LogP contribution in [0.4, 0.5) is 5.13 Å². The molecule has 0 aliphatic heterocycles. The van der Waals surface area contributed by atoms with Crippen molar-refractivity contribution in [3.8, 4) is 0 Å². The number of hydrogen-bond donors (Lipinski definition) is 0. The Morgan fingerprint density at radius 1 is 0.969 bits per heavy atom. The predicted molar refractivity (Wildman–Crippen MR) is 132 cm³/mol. The van der Waals surface area contributed by atoms with Crippen LogP contribution in [0.25, 0.3) is 21.0 Å². The molecule has 2 aromatic heterocycles. The van der Waals surface area contributed by atoms with Crippen molar-refractivity contribution in [2.75, 3.05) is 4.90 Å². The van der Waals surface area contributed by atoms with Gasteiger partial charge in [-0.2, -0.15) is 0 Å². The maximum atomic E-state index is 13.7. The van der Waals surface area contributed by atoms with E-state index >= 15 is 0 Å². The highest BCUT2D eigenvalue weighted by Crippen LogP contribution is 2.33. The molecular weight excluding hydrogens is 414 g/mol. The molecule has 0 aliphatic rings. The number of carbonyl (C=O) groups excluding carboxylic acids is 1. The minimum Gasteiger partial charge on any atom is -0.283 e. The molecule has 0 radical (unpaired) electrons. The summed E-state index contributed by atoms with van der Waals surface area (Å²) in [7, 11) is 0. The third-order valence-corrected chi connectivity index (χ3v) is 6.93. The molecule has 0 N–H and O–H groups in total. The van der Waals surface area contributed by atoms with E-state index in [4.69, 9.17) is 4.98 Å². The van der Waals surface area contributed by atoms with E-state index in [9.17, 15) is 4.79 Å². The summed E-state index contributed by atoms with van der Waals surface area (Å²) in [4.78, 5) is 24.6. The second-order valence-corrected chi connectivity index (χ2v) is 9.02. The Hall–Kier alpha value is -3.57. The van der Waals surface area contributed by atoms with Gasteiger partial charge in [0.1, 0.15) is 0 Å². The molecule has 5 aromatic rings. The number of benzene rings is 3. The molecule has 158 valence electrons. The Morgan fingerprint density at radius 3 is 2.66 bits per heavy atom. The number of carbonyl (C=O) groups is 1. The van der Waals surface area contributed by atoms with E-state index in [-0.39, 0.29) is 5.91 Å². The van der Waals surface area contributed by atoms with Crippen molar-refractivity contribution in [2.24, 2.45) is 0 Å². The number of hydrogen-bond acceptors (Lipinski definition) is 4. The molecule has 1 amide bonds. The summed E-state index contributed by atoms with van der Waals surface area (Å²) in [5.41, 5.74) is 5.34. The smallest absolute Gasteiger partial charge is 0.233 e. The van der Waals surface area contributed by atoms with Crippen LogP contribution in [0.1, 0.15) is 22.3 Å². The summed E-state index contributed by atoms with van der Waals surface area (Å²) in [6.45, 7) is 4.62. The quantitative estimate of drug-likeness (QED) is 0.327. The summed E-state index contributed by atoms with van der Waals surface area (Å²) in [6, 6.07) is 22.4. The van der Waals surface area contributed by atoms with E-state index in [2.05, 4.69) is 49.2 Å². The first-order valence-electron chi connectivity index (χ1n) is 10.6. The predicted octanol–water partition coefficient (Wildman–Crippen LogP) is 6.24. The molecule has 0 aliphatic carbocycles. The molecule has 0 saturated carbocycles. The van der Waals surface area contributed by atoms with Crippen molar-refractivity contribution in [1.29, 1.82) is 0 Å². The minimum atomic E-state index is 0.0265. The van der Waals surface area contributed by atoms with Crippen molar-refractivity contribution in [3.63, 3.8) is 0 Å². The van der Waals surface area contributed by atoms with Crippen molar-refractivity contribution >= 4 is 43.4 Å².